The molecule has 0 unspecified atom stereocenters. The Morgan fingerprint density at radius 2 is 1.72 bits per heavy atom. The van der Waals surface area contributed by atoms with Crippen LogP contribution in [-0.4, -0.2) is 12.5 Å². The number of amides is 1. The minimum Gasteiger partial charge on any atom is -0.483 e. The monoisotopic (exact) mass is 391 g/mol. The molecular formula is C17H14Cl2F3NO2. The summed E-state index contributed by atoms with van der Waals surface area (Å²) in [5.74, 6) is -0.0872. The van der Waals surface area contributed by atoms with Gasteiger partial charge in [-0.3, -0.25) is 4.79 Å². The summed E-state index contributed by atoms with van der Waals surface area (Å²) >= 11 is 11.5. The van der Waals surface area contributed by atoms with Crippen molar-refractivity contribution in [3.63, 3.8) is 0 Å². The molecule has 0 spiro atoms. The van der Waals surface area contributed by atoms with Crippen LogP contribution in [0.5, 0.6) is 5.75 Å². The highest BCUT2D eigenvalue weighted by atomic mass is 35.5. The third-order valence-corrected chi connectivity index (χ3v) is 3.88. The van der Waals surface area contributed by atoms with Crippen molar-refractivity contribution in [1.29, 1.82) is 0 Å². The number of aryl methyl sites for hydroxylation is 2. The van der Waals surface area contributed by atoms with E-state index in [-0.39, 0.29) is 12.3 Å². The molecule has 0 atom stereocenters. The fourth-order valence-corrected chi connectivity index (χ4v) is 2.83. The Morgan fingerprint density at radius 1 is 1.12 bits per heavy atom. The van der Waals surface area contributed by atoms with E-state index in [0.29, 0.717) is 10.8 Å². The van der Waals surface area contributed by atoms with Crippen LogP contribution >= 0.6 is 23.2 Å². The summed E-state index contributed by atoms with van der Waals surface area (Å²) in [6.07, 6.45) is -4.61. The zero-order valence-corrected chi connectivity index (χ0v) is 14.8. The van der Waals surface area contributed by atoms with Crippen molar-refractivity contribution in [2.45, 2.75) is 20.0 Å². The predicted molar refractivity (Wildman–Crippen MR) is 91.5 cm³/mol. The molecule has 0 fully saturated rings. The van der Waals surface area contributed by atoms with Crippen LogP contribution in [0.3, 0.4) is 0 Å². The maximum Gasteiger partial charge on any atom is 0.417 e. The van der Waals surface area contributed by atoms with Gasteiger partial charge in [-0.15, -0.1) is 0 Å². The Hall–Kier alpha value is -1.92. The first-order valence-electron chi connectivity index (χ1n) is 7.14. The van der Waals surface area contributed by atoms with E-state index in [2.05, 4.69) is 5.32 Å². The molecule has 0 aliphatic carbocycles. The van der Waals surface area contributed by atoms with Gasteiger partial charge < -0.3 is 10.1 Å². The molecule has 2 rings (SSSR count). The number of alkyl halides is 3. The Kier molecular flexibility index (Phi) is 5.85. The van der Waals surface area contributed by atoms with E-state index in [1.165, 1.54) is 6.07 Å². The SMILES string of the molecule is Cc1cc(Cl)cc(C)c1OCC(=O)Nc1ccc(Cl)c(C(F)(F)F)c1. The van der Waals surface area contributed by atoms with Crippen LogP contribution < -0.4 is 10.1 Å². The van der Waals surface area contributed by atoms with E-state index >= 15 is 0 Å². The number of carbonyl (C=O) groups is 1. The van der Waals surface area contributed by atoms with Gasteiger partial charge in [0.2, 0.25) is 0 Å². The average Bonchev–Trinajstić information content (AvgIpc) is 2.47. The molecule has 3 nitrogen and oxygen atoms in total. The highest BCUT2D eigenvalue weighted by Crippen LogP contribution is 2.36. The first-order chi connectivity index (χ1) is 11.6. The molecule has 0 saturated carbocycles. The van der Waals surface area contributed by atoms with Gasteiger partial charge in [0, 0.05) is 10.7 Å². The third-order valence-electron chi connectivity index (χ3n) is 3.33. The fraction of sp³-hybridized carbons (Fsp3) is 0.235. The van der Waals surface area contributed by atoms with Crippen molar-refractivity contribution >= 4 is 34.8 Å². The third kappa shape index (κ3) is 5.03. The number of halogens is 5. The molecule has 0 aromatic heterocycles. The molecule has 134 valence electrons. The maximum atomic E-state index is 12.8. The topological polar surface area (TPSA) is 38.3 Å². The normalized spacial score (nSPS) is 11.3. The number of anilines is 1. The van der Waals surface area contributed by atoms with Gasteiger partial charge in [0.1, 0.15) is 5.75 Å². The van der Waals surface area contributed by atoms with E-state index in [1.807, 2.05) is 0 Å². The second-order valence-corrected chi connectivity index (χ2v) is 6.24. The number of rotatable bonds is 4. The van der Waals surface area contributed by atoms with Gasteiger partial charge in [0.25, 0.3) is 5.91 Å². The van der Waals surface area contributed by atoms with Crippen LogP contribution in [0.15, 0.2) is 30.3 Å². The Labute approximate surface area is 152 Å². The molecule has 0 radical (unpaired) electrons. The summed E-state index contributed by atoms with van der Waals surface area (Å²) in [5.41, 5.74) is 0.472. The lowest BCUT2D eigenvalue weighted by atomic mass is 10.1. The van der Waals surface area contributed by atoms with Gasteiger partial charge in [0.05, 0.1) is 10.6 Å². The quantitative estimate of drug-likeness (QED) is 0.731. The molecule has 25 heavy (non-hydrogen) atoms. The average molecular weight is 392 g/mol. The zero-order valence-electron chi connectivity index (χ0n) is 13.3. The zero-order chi connectivity index (χ0) is 18.8. The van der Waals surface area contributed by atoms with Gasteiger partial charge in [-0.05, 0) is 55.3 Å². The molecule has 1 N–H and O–H groups in total. The lowest BCUT2D eigenvalue weighted by molar-refractivity contribution is -0.137. The van der Waals surface area contributed by atoms with Crippen molar-refractivity contribution in [1.82, 2.24) is 0 Å². The van der Waals surface area contributed by atoms with Crippen LogP contribution in [0.2, 0.25) is 10.0 Å². The van der Waals surface area contributed by atoms with Crippen molar-refractivity contribution in [2.24, 2.45) is 0 Å². The fourth-order valence-electron chi connectivity index (χ4n) is 2.28. The van der Waals surface area contributed by atoms with Crippen LogP contribution in [-0.2, 0) is 11.0 Å². The van der Waals surface area contributed by atoms with E-state index in [1.54, 1.807) is 26.0 Å². The first kappa shape index (κ1) is 19.4. The minimum atomic E-state index is -4.61. The van der Waals surface area contributed by atoms with Crippen LogP contribution in [0.4, 0.5) is 18.9 Å². The van der Waals surface area contributed by atoms with Gasteiger partial charge in [-0.25, -0.2) is 0 Å². The Bertz CT molecular complexity index is 784. The van der Waals surface area contributed by atoms with Crippen LogP contribution in [0.25, 0.3) is 0 Å². The molecule has 0 aliphatic heterocycles. The molecule has 0 heterocycles. The van der Waals surface area contributed by atoms with Gasteiger partial charge >= 0.3 is 6.18 Å². The van der Waals surface area contributed by atoms with Gasteiger partial charge in [0.15, 0.2) is 6.61 Å². The molecule has 1 amide bonds. The lowest BCUT2D eigenvalue weighted by Crippen LogP contribution is -2.21. The van der Waals surface area contributed by atoms with E-state index in [4.69, 9.17) is 27.9 Å². The summed E-state index contributed by atoms with van der Waals surface area (Å²) in [6, 6.07) is 6.52. The van der Waals surface area contributed by atoms with Crippen molar-refractivity contribution < 1.29 is 22.7 Å². The summed E-state index contributed by atoms with van der Waals surface area (Å²) in [7, 11) is 0. The standard InChI is InChI=1S/C17H14Cl2F3NO2/c1-9-5-11(18)6-10(2)16(9)25-8-15(24)23-12-3-4-14(19)13(7-12)17(20,21)22/h3-7H,8H2,1-2H3,(H,23,24). The summed E-state index contributed by atoms with van der Waals surface area (Å²) in [6.45, 7) is 3.20. The van der Waals surface area contributed by atoms with Crippen molar-refractivity contribution in [2.75, 3.05) is 11.9 Å². The van der Waals surface area contributed by atoms with E-state index in [9.17, 15) is 18.0 Å². The summed E-state index contributed by atoms with van der Waals surface area (Å²) < 4.78 is 43.9. The van der Waals surface area contributed by atoms with E-state index < -0.39 is 22.7 Å². The molecule has 2 aromatic rings. The molecule has 2 aromatic carbocycles. The predicted octanol–water partition coefficient (Wildman–Crippen LogP) is 5.65. The second kappa shape index (κ2) is 7.54. The second-order valence-electron chi connectivity index (χ2n) is 5.40. The molecule has 8 heteroatoms. The summed E-state index contributed by atoms with van der Waals surface area (Å²) in [4.78, 5) is 11.9. The van der Waals surface area contributed by atoms with Gasteiger partial charge in [-0.2, -0.15) is 13.2 Å². The minimum absolute atomic E-state index is 0.0186. The molecule has 0 saturated heterocycles. The Balaban J connectivity index is 2.07. The maximum absolute atomic E-state index is 12.8. The molecule has 0 aliphatic rings. The largest absolute Gasteiger partial charge is 0.483 e. The highest BCUT2D eigenvalue weighted by Gasteiger charge is 2.33. The van der Waals surface area contributed by atoms with Crippen LogP contribution in [0, 0.1) is 13.8 Å². The number of nitrogens with one attached hydrogen (secondary N) is 1. The molecular weight excluding hydrogens is 378 g/mol. The Morgan fingerprint density at radius 3 is 2.28 bits per heavy atom. The summed E-state index contributed by atoms with van der Waals surface area (Å²) in [5, 5.41) is 2.47. The van der Waals surface area contributed by atoms with Crippen molar-refractivity contribution in [3.05, 3.63) is 57.1 Å². The van der Waals surface area contributed by atoms with Crippen molar-refractivity contribution in [3.8, 4) is 5.75 Å². The number of carbonyl (C=O) groups excluding carboxylic acids is 1. The number of hydrogen-bond acceptors (Lipinski definition) is 2. The van der Waals surface area contributed by atoms with Crippen LogP contribution in [0.1, 0.15) is 16.7 Å². The smallest absolute Gasteiger partial charge is 0.417 e. The van der Waals surface area contributed by atoms with E-state index in [0.717, 1.165) is 23.3 Å². The number of hydrogen-bond donors (Lipinski definition) is 1. The first-order valence-corrected chi connectivity index (χ1v) is 7.89. The lowest BCUT2D eigenvalue weighted by Gasteiger charge is -2.14. The van der Waals surface area contributed by atoms with Gasteiger partial charge in [-0.1, -0.05) is 23.2 Å². The highest BCUT2D eigenvalue weighted by molar-refractivity contribution is 6.31. The number of benzene rings is 2. The number of ether oxygens (including phenoxy) is 1. The molecule has 0 bridgehead atoms.